The summed E-state index contributed by atoms with van der Waals surface area (Å²) in [6.07, 6.45) is 0.487. The van der Waals surface area contributed by atoms with Crippen molar-refractivity contribution < 1.29 is 14.3 Å². The molecule has 0 aromatic rings. The fourth-order valence-corrected chi connectivity index (χ4v) is 2.09. The number of nitrogens with zero attached hydrogens (tertiary/aromatic N) is 1. The zero-order chi connectivity index (χ0) is 12.5. The molecule has 1 amide bonds. The Balaban J connectivity index is 2.73. The molecular formula is C12H21NO3. The van der Waals surface area contributed by atoms with Crippen molar-refractivity contribution in [3.05, 3.63) is 0 Å². The third kappa shape index (κ3) is 2.97. The molecule has 0 spiro atoms. The molecule has 1 fully saturated rings. The van der Waals surface area contributed by atoms with E-state index in [2.05, 4.69) is 0 Å². The summed E-state index contributed by atoms with van der Waals surface area (Å²) < 4.78 is 5.29. The molecule has 1 heterocycles. The molecule has 92 valence electrons. The predicted octanol–water partition coefficient (Wildman–Crippen LogP) is 2.22. The van der Waals surface area contributed by atoms with Crippen LogP contribution in [0, 0.1) is 5.92 Å². The number of carbonyl (C=O) groups excluding carboxylic acids is 2. The van der Waals surface area contributed by atoms with E-state index in [1.807, 2.05) is 27.7 Å². The van der Waals surface area contributed by atoms with Crippen molar-refractivity contribution in [3.63, 3.8) is 0 Å². The van der Waals surface area contributed by atoms with Crippen molar-refractivity contribution >= 4 is 11.9 Å². The highest BCUT2D eigenvalue weighted by atomic mass is 16.6. The van der Waals surface area contributed by atoms with Crippen molar-refractivity contribution in [2.24, 2.45) is 5.92 Å². The van der Waals surface area contributed by atoms with Gasteiger partial charge in [0.15, 0.2) is 5.78 Å². The molecule has 0 bridgehead atoms. The molecule has 16 heavy (non-hydrogen) atoms. The molecule has 0 radical (unpaired) electrons. The first-order valence-corrected chi connectivity index (χ1v) is 5.72. The number of rotatable bonds is 1. The van der Waals surface area contributed by atoms with Gasteiger partial charge in [0, 0.05) is 6.54 Å². The molecule has 2 atom stereocenters. The van der Waals surface area contributed by atoms with Crippen LogP contribution in [0.2, 0.25) is 0 Å². The molecule has 1 aliphatic rings. The lowest BCUT2D eigenvalue weighted by atomic mass is 10.00. The van der Waals surface area contributed by atoms with E-state index in [4.69, 9.17) is 4.74 Å². The highest BCUT2D eigenvalue weighted by Gasteiger charge is 2.39. The Bertz CT molecular complexity index is 293. The van der Waals surface area contributed by atoms with Gasteiger partial charge in [-0.05, 0) is 40.0 Å². The second-order valence-electron chi connectivity index (χ2n) is 5.50. The Morgan fingerprint density at radius 2 is 1.88 bits per heavy atom. The Morgan fingerprint density at radius 1 is 1.31 bits per heavy atom. The fraction of sp³-hybridized carbons (Fsp3) is 0.833. The zero-order valence-electron chi connectivity index (χ0n) is 10.7. The summed E-state index contributed by atoms with van der Waals surface area (Å²) in [6, 6.07) is -0.310. The fourth-order valence-electron chi connectivity index (χ4n) is 2.09. The first kappa shape index (κ1) is 13.0. The van der Waals surface area contributed by atoms with Gasteiger partial charge in [0.1, 0.15) is 5.60 Å². The third-order valence-electron chi connectivity index (χ3n) is 2.74. The average Bonchev–Trinajstić information content (AvgIpc) is 2.43. The summed E-state index contributed by atoms with van der Waals surface area (Å²) in [5.41, 5.74) is -0.510. The van der Waals surface area contributed by atoms with Crippen molar-refractivity contribution in [1.82, 2.24) is 4.90 Å². The highest BCUT2D eigenvalue weighted by molar-refractivity contribution is 5.86. The summed E-state index contributed by atoms with van der Waals surface area (Å²) in [6.45, 7) is 9.62. The van der Waals surface area contributed by atoms with E-state index in [1.54, 1.807) is 4.90 Å². The number of carbonyl (C=O) groups is 2. The van der Waals surface area contributed by atoms with Gasteiger partial charge in [0.05, 0.1) is 6.04 Å². The van der Waals surface area contributed by atoms with Crippen molar-refractivity contribution in [2.75, 3.05) is 6.54 Å². The Morgan fingerprint density at radius 3 is 2.31 bits per heavy atom. The minimum Gasteiger partial charge on any atom is -0.444 e. The quantitative estimate of drug-likeness (QED) is 0.690. The van der Waals surface area contributed by atoms with Crippen LogP contribution < -0.4 is 0 Å². The van der Waals surface area contributed by atoms with Crippen LogP contribution in [-0.4, -0.2) is 35.0 Å². The maximum absolute atomic E-state index is 11.9. The summed E-state index contributed by atoms with van der Waals surface area (Å²) in [5.74, 6) is 0.265. The van der Waals surface area contributed by atoms with E-state index in [0.717, 1.165) is 6.42 Å². The lowest BCUT2D eigenvalue weighted by molar-refractivity contribution is -0.122. The number of ketones is 1. The van der Waals surface area contributed by atoms with Crippen LogP contribution in [0.5, 0.6) is 0 Å². The molecule has 0 aromatic heterocycles. The first-order valence-electron chi connectivity index (χ1n) is 5.72. The monoisotopic (exact) mass is 227 g/mol. The van der Waals surface area contributed by atoms with Crippen molar-refractivity contribution in [3.8, 4) is 0 Å². The molecule has 0 aliphatic carbocycles. The number of likely N-dealkylation sites (tertiary alicyclic amines) is 1. The molecule has 4 heteroatoms. The van der Waals surface area contributed by atoms with E-state index in [0.29, 0.717) is 6.54 Å². The minimum absolute atomic E-state index is 0.0378. The Hall–Kier alpha value is -1.06. The molecule has 0 saturated carbocycles. The molecule has 1 rings (SSSR count). The van der Waals surface area contributed by atoms with Crippen LogP contribution >= 0.6 is 0 Å². The molecule has 1 saturated heterocycles. The molecule has 1 aliphatic heterocycles. The van der Waals surface area contributed by atoms with Crippen LogP contribution in [0.3, 0.4) is 0 Å². The molecule has 0 unspecified atom stereocenters. The number of hydrogen-bond acceptors (Lipinski definition) is 3. The molecular weight excluding hydrogens is 206 g/mol. The maximum atomic E-state index is 11.9. The molecule has 0 aromatic carbocycles. The lowest BCUT2D eigenvalue weighted by Gasteiger charge is -2.28. The van der Waals surface area contributed by atoms with E-state index in [1.165, 1.54) is 6.92 Å². The van der Waals surface area contributed by atoms with E-state index in [-0.39, 0.29) is 23.8 Å². The normalized spacial score (nSPS) is 25.7. The first-order chi connectivity index (χ1) is 7.22. The Labute approximate surface area is 96.9 Å². The van der Waals surface area contributed by atoms with Gasteiger partial charge >= 0.3 is 6.09 Å². The summed E-state index contributed by atoms with van der Waals surface area (Å²) >= 11 is 0. The van der Waals surface area contributed by atoms with Crippen molar-refractivity contribution in [1.29, 1.82) is 0 Å². The number of hydrogen-bond donors (Lipinski definition) is 0. The number of ether oxygens (including phenoxy) is 1. The van der Waals surface area contributed by atoms with Crippen molar-refractivity contribution in [2.45, 2.75) is 52.7 Å². The SMILES string of the molecule is CC(=O)[C@@H]1[C@@H](C)CCN1C(=O)OC(C)(C)C. The second-order valence-corrected chi connectivity index (χ2v) is 5.50. The third-order valence-corrected chi connectivity index (χ3v) is 2.74. The van der Waals surface area contributed by atoms with Crippen LogP contribution in [0.25, 0.3) is 0 Å². The van der Waals surface area contributed by atoms with E-state index < -0.39 is 5.60 Å². The van der Waals surface area contributed by atoms with Gasteiger partial charge in [-0.15, -0.1) is 0 Å². The molecule has 4 nitrogen and oxygen atoms in total. The largest absolute Gasteiger partial charge is 0.444 e. The van der Waals surface area contributed by atoms with E-state index >= 15 is 0 Å². The maximum Gasteiger partial charge on any atom is 0.410 e. The average molecular weight is 227 g/mol. The van der Waals surface area contributed by atoms with Gasteiger partial charge in [-0.2, -0.15) is 0 Å². The second kappa shape index (κ2) is 4.44. The summed E-state index contributed by atoms with van der Waals surface area (Å²) in [7, 11) is 0. The van der Waals surface area contributed by atoms with Crippen LogP contribution in [0.15, 0.2) is 0 Å². The van der Waals surface area contributed by atoms with Gasteiger partial charge in [0.25, 0.3) is 0 Å². The standard InChI is InChI=1S/C12H21NO3/c1-8-6-7-13(10(8)9(2)14)11(15)16-12(3,4)5/h8,10H,6-7H2,1-5H3/t8-,10-/m0/s1. The van der Waals surface area contributed by atoms with Gasteiger partial charge in [0.2, 0.25) is 0 Å². The molecule has 0 N–H and O–H groups in total. The smallest absolute Gasteiger partial charge is 0.410 e. The van der Waals surface area contributed by atoms with Gasteiger partial charge in [-0.3, -0.25) is 9.69 Å². The Kier molecular flexibility index (Phi) is 3.61. The van der Waals surface area contributed by atoms with Crippen LogP contribution in [0.4, 0.5) is 4.79 Å². The predicted molar refractivity (Wildman–Crippen MR) is 61.2 cm³/mol. The van der Waals surface area contributed by atoms with E-state index in [9.17, 15) is 9.59 Å². The van der Waals surface area contributed by atoms with Crippen LogP contribution in [-0.2, 0) is 9.53 Å². The topological polar surface area (TPSA) is 46.6 Å². The van der Waals surface area contributed by atoms with Gasteiger partial charge in [-0.25, -0.2) is 4.79 Å². The lowest BCUT2D eigenvalue weighted by Crippen LogP contribution is -2.44. The number of Topliss-reactive ketones (excluding diaryl/α,β-unsaturated/α-hetero) is 1. The van der Waals surface area contributed by atoms with Crippen LogP contribution in [0.1, 0.15) is 41.0 Å². The summed E-state index contributed by atoms with van der Waals surface area (Å²) in [5, 5.41) is 0. The minimum atomic E-state index is -0.510. The van der Waals surface area contributed by atoms with Gasteiger partial charge < -0.3 is 4.74 Å². The zero-order valence-corrected chi connectivity index (χ0v) is 10.7. The van der Waals surface area contributed by atoms with Gasteiger partial charge in [-0.1, -0.05) is 6.92 Å². The summed E-state index contributed by atoms with van der Waals surface area (Å²) in [4.78, 5) is 24.9. The highest BCUT2D eigenvalue weighted by Crippen LogP contribution is 2.26. The number of amides is 1.